The van der Waals surface area contributed by atoms with Gasteiger partial charge in [0.05, 0.1) is 7.11 Å². The molecule has 0 aliphatic heterocycles. The van der Waals surface area contributed by atoms with Crippen LogP contribution < -0.4 is 4.74 Å². The van der Waals surface area contributed by atoms with E-state index in [0.29, 0.717) is 24.8 Å². The molecule has 0 spiro atoms. The van der Waals surface area contributed by atoms with Crippen molar-refractivity contribution in [1.29, 1.82) is 0 Å². The number of unbranched alkanes of at least 4 members (excludes halogenated alkanes) is 1. The van der Waals surface area contributed by atoms with Crippen molar-refractivity contribution in [2.45, 2.75) is 19.3 Å². The van der Waals surface area contributed by atoms with Gasteiger partial charge in [0.25, 0.3) is 0 Å². The van der Waals surface area contributed by atoms with Crippen molar-refractivity contribution in [3.05, 3.63) is 29.3 Å². The molecule has 15 heavy (non-hydrogen) atoms. The van der Waals surface area contributed by atoms with Crippen LogP contribution in [0.4, 0.5) is 8.78 Å². The fourth-order valence-corrected chi connectivity index (χ4v) is 1.38. The van der Waals surface area contributed by atoms with Crippen molar-refractivity contribution in [3.63, 3.8) is 0 Å². The molecule has 0 saturated heterocycles. The number of aliphatic hydroxyl groups excluding tert-OH is 1. The van der Waals surface area contributed by atoms with E-state index >= 15 is 0 Å². The van der Waals surface area contributed by atoms with E-state index in [1.165, 1.54) is 19.2 Å². The van der Waals surface area contributed by atoms with Gasteiger partial charge in [-0.05, 0) is 30.9 Å². The minimum Gasteiger partial charge on any atom is -0.491 e. The molecule has 0 aromatic heterocycles. The maximum absolute atomic E-state index is 13.5. The number of ether oxygens (including phenoxy) is 1. The quantitative estimate of drug-likeness (QED) is 0.765. The lowest BCUT2D eigenvalue weighted by atomic mass is 10.1. The molecule has 0 heterocycles. The molecule has 0 unspecified atom stereocenters. The highest BCUT2D eigenvalue weighted by atomic mass is 19.1. The summed E-state index contributed by atoms with van der Waals surface area (Å²) in [5, 5.41) is 8.58. The summed E-state index contributed by atoms with van der Waals surface area (Å²) in [7, 11) is 1.24. The van der Waals surface area contributed by atoms with Crippen LogP contribution in [0.1, 0.15) is 18.4 Å². The normalized spacial score (nSPS) is 10.4. The van der Waals surface area contributed by atoms with Gasteiger partial charge in [0.15, 0.2) is 17.4 Å². The third-order valence-corrected chi connectivity index (χ3v) is 2.19. The third kappa shape index (κ3) is 2.89. The van der Waals surface area contributed by atoms with Crippen LogP contribution in [0.2, 0.25) is 0 Å². The second kappa shape index (κ2) is 5.66. The van der Waals surface area contributed by atoms with Gasteiger partial charge in [0, 0.05) is 6.61 Å². The monoisotopic (exact) mass is 216 g/mol. The smallest absolute Gasteiger partial charge is 0.190 e. The van der Waals surface area contributed by atoms with Gasteiger partial charge in [0.2, 0.25) is 0 Å². The average molecular weight is 216 g/mol. The molecular formula is C11H14F2O2. The van der Waals surface area contributed by atoms with Crippen LogP contribution in [0.15, 0.2) is 12.1 Å². The molecule has 4 heteroatoms. The zero-order chi connectivity index (χ0) is 11.3. The molecule has 0 fully saturated rings. The molecule has 0 bridgehead atoms. The first-order chi connectivity index (χ1) is 7.20. The average Bonchev–Trinajstić information content (AvgIpc) is 2.22. The van der Waals surface area contributed by atoms with Crippen LogP contribution in [0.3, 0.4) is 0 Å². The number of hydrogen-bond donors (Lipinski definition) is 1. The number of halogens is 2. The molecule has 0 saturated carbocycles. The Morgan fingerprint density at radius 1 is 1.27 bits per heavy atom. The molecule has 0 aliphatic carbocycles. The Morgan fingerprint density at radius 3 is 2.60 bits per heavy atom. The van der Waals surface area contributed by atoms with E-state index in [1.807, 2.05) is 0 Å². The van der Waals surface area contributed by atoms with Gasteiger partial charge in [-0.3, -0.25) is 0 Å². The van der Waals surface area contributed by atoms with Crippen LogP contribution in [-0.2, 0) is 6.42 Å². The van der Waals surface area contributed by atoms with E-state index in [0.717, 1.165) is 0 Å². The van der Waals surface area contributed by atoms with E-state index in [1.54, 1.807) is 0 Å². The maximum atomic E-state index is 13.5. The van der Waals surface area contributed by atoms with E-state index < -0.39 is 11.6 Å². The molecule has 1 aromatic carbocycles. The predicted molar refractivity (Wildman–Crippen MR) is 52.9 cm³/mol. The number of hydrogen-bond acceptors (Lipinski definition) is 2. The summed E-state index contributed by atoms with van der Waals surface area (Å²) in [5.41, 5.74) is 0.418. The van der Waals surface area contributed by atoms with Crippen molar-refractivity contribution in [2.24, 2.45) is 0 Å². The lowest BCUT2D eigenvalue weighted by molar-refractivity contribution is 0.284. The maximum Gasteiger partial charge on any atom is 0.190 e. The topological polar surface area (TPSA) is 29.5 Å². The molecule has 0 aliphatic rings. The Bertz CT molecular complexity index is 327. The first-order valence-electron chi connectivity index (χ1n) is 4.82. The zero-order valence-electron chi connectivity index (χ0n) is 8.59. The third-order valence-electron chi connectivity index (χ3n) is 2.19. The number of rotatable bonds is 5. The molecule has 1 rings (SSSR count). The van der Waals surface area contributed by atoms with E-state index in [9.17, 15) is 8.78 Å². The minimum atomic E-state index is -0.694. The Hall–Kier alpha value is -1.16. The molecule has 1 N–H and O–H groups in total. The lowest BCUT2D eigenvalue weighted by Gasteiger charge is -2.07. The van der Waals surface area contributed by atoms with Gasteiger partial charge >= 0.3 is 0 Å². The van der Waals surface area contributed by atoms with Crippen LogP contribution in [0.25, 0.3) is 0 Å². The Balaban J connectivity index is 2.80. The summed E-state index contributed by atoms with van der Waals surface area (Å²) < 4.78 is 31.2. The molecule has 2 nitrogen and oxygen atoms in total. The van der Waals surface area contributed by atoms with Gasteiger partial charge in [-0.15, -0.1) is 0 Å². The second-order valence-corrected chi connectivity index (χ2v) is 3.23. The van der Waals surface area contributed by atoms with Crippen molar-refractivity contribution in [2.75, 3.05) is 13.7 Å². The molecule has 84 valence electrons. The summed E-state index contributed by atoms with van der Waals surface area (Å²) in [4.78, 5) is 0. The lowest BCUT2D eigenvalue weighted by Crippen LogP contribution is -1.98. The Kier molecular flexibility index (Phi) is 4.49. The number of methoxy groups -OCH3 is 1. The summed E-state index contributed by atoms with van der Waals surface area (Å²) in [6.07, 6.45) is 1.75. The minimum absolute atomic E-state index is 0.0833. The molecular weight excluding hydrogens is 202 g/mol. The molecule has 0 atom stereocenters. The predicted octanol–water partition coefficient (Wildman–Crippen LogP) is 2.29. The van der Waals surface area contributed by atoms with Crippen LogP contribution in [-0.4, -0.2) is 18.8 Å². The first kappa shape index (κ1) is 11.9. The fourth-order valence-electron chi connectivity index (χ4n) is 1.38. The van der Waals surface area contributed by atoms with Gasteiger partial charge in [-0.1, -0.05) is 6.07 Å². The van der Waals surface area contributed by atoms with E-state index in [-0.39, 0.29) is 12.4 Å². The van der Waals surface area contributed by atoms with Gasteiger partial charge in [-0.2, -0.15) is 0 Å². The van der Waals surface area contributed by atoms with Crippen molar-refractivity contribution >= 4 is 0 Å². The van der Waals surface area contributed by atoms with Crippen LogP contribution >= 0.6 is 0 Å². The molecule has 1 aromatic rings. The Labute approximate surface area is 87.5 Å². The second-order valence-electron chi connectivity index (χ2n) is 3.23. The largest absolute Gasteiger partial charge is 0.491 e. The standard InChI is InChI=1S/C11H14F2O2/c1-15-11-9(12)6-5-8(10(11)13)4-2-3-7-14/h5-6,14H,2-4,7H2,1H3. The number of aryl methyl sites for hydroxylation is 1. The molecule has 0 radical (unpaired) electrons. The Morgan fingerprint density at radius 2 is 2.00 bits per heavy atom. The summed E-state index contributed by atoms with van der Waals surface area (Å²) in [5.74, 6) is -1.67. The molecule has 0 amide bonds. The van der Waals surface area contributed by atoms with E-state index in [4.69, 9.17) is 5.11 Å². The van der Waals surface area contributed by atoms with Crippen molar-refractivity contribution in [3.8, 4) is 5.75 Å². The summed E-state index contributed by atoms with van der Waals surface area (Å²) >= 11 is 0. The SMILES string of the molecule is COc1c(F)ccc(CCCCO)c1F. The van der Waals surface area contributed by atoms with Crippen molar-refractivity contribution < 1.29 is 18.6 Å². The van der Waals surface area contributed by atoms with Crippen LogP contribution in [0.5, 0.6) is 5.75 Å². The highest BCUT2D eigenvalue weighted by Gasteiger charge is 2.13. The van der Waals surface area contributed by atoms with Gasteiger partial charge in [-0.25, -0.2) is 8.78 Å². The first-order valence-corrected chi connectivity index (χ1v) is 4.82. The zero-order valence-corrected chi connectivity index (χ0v) is 8.59. The van der Waals surface area contributed by atoms with Gasteiger partial charge in [0.1, 0.15) is 0 Å². The summed E-state index contributed by atoms with van der Waals surface area (Å²) in [6, 6.07) is 2.60. The van der Waals surface area contributed by atoms with Crippen molar-refractivity contribution in [1.82, 2.24) is 0 Å². The number of benzene rings is 1. The fraction of sp³-hybridized carbons (Fsp3) is 0.455. The van der Waals surface area contributed by atoms with Crippen LogP contribution in [0, 0.1) is 11.6 Å². The number of aliphatic hydroxyl groups is 1. The van der Waals surface area contributed by atoms with E-state index in [2.05, 4.69) is 4.74 Å². The highest BCUT2D eigenvalue weighted by Crippen LogP contribution is 2.25. The summed E-state index contributed by atoms with van der Waals surface area (Å²) in [6.45, 7) is 0.0833. The highest BCUT2D eigenvalue weighted by molar-refractivity contribution is 5.32. The van der Waals surface area contributed by atoms with Gasteiger partial charge < -0.3 is 9.84 Å².